The summed E-state index contributed by atoms with van der Waals surface area (Å²) < 4.78 is 68.8. The molecule has 19 heteroatoms. The molecule has 618 valence electrons. The molecule has 104 heavy (non-hydrogen) atoms. The first kappa shape index (κ1) is 102. The number of hydrogen-bond acceptors (Lipinski definition) is 15. The van der Waals surface area contributed by atoms with Gasteiger partial charge in [0.15, 0.2) is 12.2 Å². The zero-order valence-corrected chi connectivity index (χ0v) is 70.1. The van der Waals surface area contributed by atoms with Crippen molar-refractivity contribution in [1.29, 1.82) is 0 Å². The van der Waals surface area contributed by atoms with E-state index in [2.05, 4.69) is 41.5 Å². The summed E-state index contributed by atoms with van der Waals surface area (Å²) in [6.07, 6.45) is 68.2. The Hall–Kier alpha value is -1.94. The number of phosphoric ester groups is 2. The molecule has 0 rings (SSSR count). The normalized spacial score (nSPS) is 14.1. The summed E-state index contributed by atoms with van der Waals surface area (Å²) in [4.78, 5) is 73.1. The van der Waals surface area contributed by atoms with Gasteiger partial charge in [0.1, 0.15) is 19.3 Å². The molecule has 0 bridgehead atoms. The number of hydrogen-bond donors (Lipinski definition) is 3. The van der Waals surface area contributed by atoms with E-state index in [9.17, 15) is 43.2 Å². The van der Waals surface area contributed by atoms with Gasteiger partial charge in [0.2, 0.25) is 0 Å². The molecule has 0 saturated heterocycles. The van der Waals surface area contributed by atoms with Crippen LogP contribution in [0.1, 0.15) is 452 Å². The van der Waals surface area contributed by atoms with Crippen LogP contribution in [-0.4, -0.2) is 96.7 Å². The number of rotatable bonds is 84. The molecule has 0 radical (unpaired) electrons. The summed E-state index contributed by atoms with van der Waals surface area (Å²) in [6, 6.07) is 0. The van der Waals surface area contributed by atoms with Gasteiger partial charge in [-0.2, -0.15) is 0 Å². The average molecular weight is 1520 g/mol. The number of esters is 4. The van der Waals surface area contributed by atoms with Crippen molar-refractivity contribution < 1.29 is 80.2 Å². The quantitative estimate of drug-likeness (QED) is 0.0222. The van der Waals surface area contributed by atoms with E-state index in [4.69, 9.17) is 37.0 Å². The highest BCUT2D eigenvalue weighted by Gasteiger charge is 2.30. The van der Waals surface area contributed by atoms with E-state index < -0.39 is 97.5 Å². The van der Waals surface area contributed by atoms with Gasteiger partial charge in [-0.1, -0.05) is 401 Å². The molecule has 0 spiro atoms. The Balaban J connectivity index is 5.22. The monoisotopic (exact) mass is 1520 g/mol. The summed E-state index contributed by atoms with van der Waals surface area (Å²) in [5, 5.41) is 10.7. The molecule has 17 nitrogen and oxygen atoms in total. The Bertz CT molecular complexity index is 2000. The Morgan fingerprint density at radius 3 is 0.731 bits per heavy atom. The van der Waals surface area contributed by atoms with Crippen molar-refractivity contribution in [3.05, 3.63) is 0 Å². The van der Waals surface area contributed by atoms with Gasteiger partial charge < -0.3 is 33.8 Å². The fraction of sp³-hybridized carbons (Fsp3) is 0.953. The van der Waals surface area contributed by atoms with E-state index in [1.54, 1.807) is 0 Å². The van der Waals surface area contributed by atoms with Crippen LogP contribution in [0.3, 0.4) is 0 Å². The number of ether oxygens (including phenoxy) is 4. The van der Waals surface area contributed by atoms with E-state index in [0.717, 1.165) is 102 Å². The zero-order chi connectivity index (χ0) is 76.4. The van der Waals surface area contributed by atoms with Crippen LogP contribution in [0.25, 0.3) is 0 Å². The number of phosphoric acid groups is 2. The lowest BCUT2D eigenvalue weighted by Gasteiger charge is -2.21. The third kappa shape index (κ3) is 76.8. The predicted molar refractivity (Wildman–Crippen MR) is 428 cm³/mol. The molecule has 0 aromatic carbocycles. The Labute approximate surface area is 638 Å². The Kier molecular flexibility index (Phi) is 75.0. The molecule has 0 aliphatic rings. The molecular formula is C85H166O17P2. The van der Waals surface area contributed by atoms with Gasteiger partial charge in [-0.15, -0.1) is 0 Å². The van der Waals surface area contributed by atoms with Crippen LogP contribution in [-0.2, 0) is 65.4 Å². The number of carbonyl (C=O) groups excluding carboxylic acids is 4. The minimum Gasteiger partial charge on any atom is -0.462 e. The highest BCUT2D eigenvalue weighted by molar-refractivity contribution is 7.47. The molecule has 0 aromatic rings. The summed E-state index contributed by atoms with van der Waals surface area (Å²) >= 11 is 0. The van der Waals surface area contributed by atoms with Crippen molar-refractivity contribution in [2.24, 2.45) is 11.8 Å². The van der Waals surface area contributed by atoms with Crippen LogP contribution in [0, 0.1) is 11.8 Å². The van der Waals surface area contributed by atoms with E-state index in [1.165, 1.54) is 263 Å². The third-order valence-electron chi connectivity index (χ3n) is 20.3. The fourth-order valence-electron chi connectivity index (χ4n) is 13.2. The van der Waals surface area contributed by atoms with Gasteiger partial charge in [0, 0.05) is 25.7 Å². The third-order valence-corrected chi connectivity index (χ3v) is 22.2. The van der Waals surface area contributed by atoms with Crippen LogP contribution >= 0.6 is 15.6 Å². The van der Waals surface area contributed by atoms with Crippen molar-refractivity contribution in [1.82, 2.24) is 0 Å². The van der Waals surface area contributed by atoms with Gasteiger partial charge >= 0.3 is 39.5 Å². The lowest BCUT2D eigenvalue weighted by Crippen LogP contribution is -2.30. The lowest BCUT2D eigenvalue weighted by molar-refractivity contribution is -0.161. The van der Waals surface area contributed by atoms with Crippen molar-refractivity contribution >= 4 is 39.5 Å². The summed E-state index contributed by atoms with van der Waals surface area (Å²) in [5.74, 6) is -0.598. The minimum atomic E-state index is -4.97. The van der Waals surface area contributed by atoms with Crippen molar-refractivity contribution in [3.63, 3.8) is 0 Å². The number of carbonyl (C=O) groups is 4. The number of aliphatic hydroxyl groups is 1. The molecular weight excluding hydrogens is 1350 g/mol. The standard InChI is InChI=1S/C85H166O17P2/c1-7-10-12-14-16-18-20-22-24-26-28-29-31-33-35-37-39-44-50-57-63-69-84(89)101-80(73-95-82(87)67-61-55-49-43-38-36-34-32-30-27-25-23-21-19-17-15-13-11-8-2)75-99-103(91,92)97-71-79(86)72-98-104(93,94)100-76-81(74-96-83(88)68-62-56-52-46-47-53-59-65-77(4)5)102-85(90)70-64-58-51-45-41-40-42-48-54-60-66-78(6)9-3/h77-81,86H,7-76H2,1-6H3,(H,91,92)(H,93,94)/t78?,79-,80-,81-/m1/s1. The van der Waals surface area contributed by atoms with Crippen LogP contribution in [0.2, 0.25) is 0 Å². The minimum absolute atomic E-state index is 0.106. The van der Waals surface area contributed by atoms with Crippen molar-refractivity contribution in [2.45, 2.75) is 471 Å². The van der Waals surface area contributed by atoms with Crippen LogP contribution in [0.15, 0.2) is 0 Å². The highest BCUT2D eigenvalue weighted by Crippen LogP contribution is 2.45. The number of aliphatic hydroxyl groups excluding tert-OH is 1. The average Bonchev–Trinajstić information content (AvgIpc) is 0.906. The van der Waals surface area contributed by atoms with Gasteiger partial charge in [-0.05, 0) is 37.5 Å². The molecule has 0 aliphatic carbocycles. The molecule has 3 N–H and O–H groups in total. The second-order valence-electron chi connectivity index (χ2n) is 31.3. The lowest BCUT2D eigenvalue weighted by atomic mass is 9.99. The summed E-state index contributed by atoms with van der Waals surface area (Å²) in [5.41, 5.74) is 0. The van der Waals surface area contributed by atoms with E-state index >= 15 is 0 Å². The molecule has 6 atom stereocenters. The summed E-state index contributed by atoms with van der Waals surface area (Å²) in [6.45, 7) is 9.62. The van der Waals surface area contributed by atoms with Crippen molar-refractivity contribution in [2.75, 3.05) is 39.6 Å². The fourth-order valence-corrected chi connectivity index (χ4v) is 14.8. The second kappa shape index (κ2) is 76.4. The second-order valence-corrected chi connectivity index (χ2v) is 34.2. The predicted octanol–water partition coefficient (Wildman–Crippen LogP) is 25.8. The highest BCUT2D eigenvalue weighted by atomic mass is 31.2. The van der Waals surface area contributed by atoms with E-state index in [0.29, 0.717) is 31.6 Å². The number of unbranched alkanes of at least 4 members (excludes halogenated alkanes) is 53. The van der Waals surface area contributed by atoms with Gasteiger partial charge in [0.05, 0.1) is 26.4 Å². The largest absolute Gasteiger partial charge is 0.472 e. The Morgan fingerprint density at radius 2 is 0.490 bits per heavy atom. The first-order valence-electron chi connectivity index (χ1n) is 44.0. The first-order valence-corrected chi connectivity index (χ1v) is 47.0. The van der Waals surface area contributed by atoms with Gasteiger partial charge in [-0.25, -0.2) is 9.13 Å². The molecule has 0 amide bonds. The van der Waals surface area contributed by atoms with Gasteiger partial charge in [0.25, 0.3) is 0 Å². The van der Waals surface area contributed by atoms with Gasteiger partial charge in [-0.3, -0.25) is 37.3 Å². The van der Waals surface area contributed by atoms with Crippen LogP contribution in [0.5, 0.6) is 0 Å². The maximum Gasteiger partial charge on any atom is 0.472 e. The van der Waals surface area contributed by atoms with Crippen LogP contribution in [0.4, 0.5) is 0 Å². The Morgan fingerprint density at radius 1 is 0.279 bits per heavy atom. The molecule has 0 heterocycles. The maximum absolute atomic E-state index is 13.1. The molecule has 0 aliphatic heterocycles. The van der Waals surface area contributed by atoms with E-state index in [1.807, 2.05) is 0 Å². The topological polar surface area (TPSA) is 237 Å². The maximum atomic E-state index is 13.1. The molecule has 3 unspecified atom stereocenters. The first-order chi connectivity index (χ1) is 50.4. The smallest absolute Gasteiger partial charge is 0.462 e. The molecule has 0 saturated carbocycles. The van der Waals surface area contributed by atoms with E-state index in [-0.39, 0.29) is 25.7 Å². The SMILES string of the molecule is CCCCCCCCCCCCCCCCCCCCCCCC(=O)O[C@H](COC(=O)CCCCCCCCCCCCCCCCCCCCC)COP(=O)(O)OC[C@@H](O)COP(=O)(O)OC[C@@H](COC(=O)CCCCCCCCCC(C)C)OC(=O)CCCCCCCCCCCCC(C)CC. The zero-order valence-electron chi connectivity index (χ0n) is 68.3. The molecule has 0 aromatic heterocycles. The van der Waals surface area contributed by atoms with Crippen molar-refractivity contribution in [3.8, 4) is 0 Å². The van der Waals surface area contributed by atoms with Crippen LogP contribution < -0.4 is 0 Å². The molecule has 0 fully saturated rings. The summed E-state index contributed by atoms with van der Waals surface area (Å²) in [7, 11) is -9.93.